The number of nitro benzene ring substituents is 2. The number of fused-ring (bicyclic) bond motifs is 1. The predicted octanol–water partition coefficient (Wildman–Crippen LogP) is 3.55. The molecular formula is C23H16N4O7. The fourth-order valence-corrected chi connectivity index (χ4v) is 4.35. The molecule has 2 aliphatic heterocycles. The quantitative estimate of drug-likeness (QED) is 0.320. The van der Waals surface area contributed by atoms with E-state index in [1.165, 1.54) is 47.5 Å². The Morgan fingerprint density at radius 2 is 1.41 bits per heavy atom. The molecule has 2 heterocycles. The molecule has 0 aromatic heterocycles. The van der Waals surface area contributed by atoms with Crippen LogP contribution in [0.1, 0.15) is 11.6 Å². The normalized spacial score (nSPS) is 21.6. The minimum Gasteiger partial charge on any atom is -0.273 e. The van der Waals surface area contributed by atoms with Crippen LogP contribution in [0.15, 0.2) is 78.9 Å². The van der Waals surface area contributed by atoms with Gasteiger partial charge in [0.15, 0.2) is 6.10 Å². The maximum Gasteiger partial charge on any atom is 0.271 e. The third kappa shape index (κ3) is 3.35. The highest BCUT2D eigenvalue weighted by Crippen LogP contribution is 2.48. The largest absolute Gasteiger partial charge is 0.273 e. The zero-order valence-electron chi connectivity index (χ0n) is 17.4. The molecule has 0 N–H and O–H groups in total. The van der Waals surface area contributed by atoms with Crippen LogP contribution in [0.2, 0.25) is 0 Å². The van der Waals surface area contributed by atoms with E-state index in [1.807, 2.05) is 0 Å². The van der Waals surface area contributed by atoms with Crippen molar-refractivity contribution in [2.24, 2.45) is 5.92 Å². The summed E-state index contributed by atoms with van der Waals surface area (Å²) in [5.41, 5.74) is 0.897. The maximum absolute atomic E-state index is 13.5. The molecule has 2 aliphatic rings. The Balaban J connectivity index is 1.55. The first-order valence-corrected chi connectivity index (χ1v) is 10.2. The van der Waals surface area contributed by atoms with E-state index < -0.39 is 39.7 Å². The highest BCUT2D eigenvalue weighted by molar-refractivity contribution is 6.24. The van der Waals surface area contributed by atoms with Crippen LogP contribution >= 0.6 is 0 Å². The molecule has 0 unspecified atom stereocenters. The van der Waals surface area contributed by atoms with Crippen molar-refractivity contribution in [2.75, 3.05) is 9.96 Å². The molecule has 170 valence electrons. The fourth-order valence-electron chi connectivity index (χ4n) is 4.35. The predicted molar refractivity (Wildman–Crippen MR) is 119 cm³/mol. The number of imide groups is 1. The van der Waals surface area contributed by atoms with Gasteiger partial charge in [0.25, 0.3) is 17.3 Å². The molecule has 0 radical (unpaired) electrons. The van der Waals surface area contributed by atoms with Crippen LogP contribution in [0.25, 0.3) is 0 Å². The Morgan fingerprint density at radius 1 is 0.735 bits per heavy atom. The summed E-state index contributed by atoms with van der Waals surface area (Å²) in [4.78, 5) is 54.8. The monoisotopic (exact) mass is 460 g/mol. The Bertz CT molecular complexity index is 1310. The van der Waals surface area contributed by atoms with Crippen molar-refractivity contribution in [1.29, 1.82) is 0 Å². The van der Waals surface area contributed by atoms with E-state index in [-0.39, 0.29) is 17.1 Å². The van der Waals surface area contributed by atoms with Crippen molar-refractivity contribution < 1.29 is 24.3 Å². The van der Waals surface area contributed by atoms with Crippen LogP contribution in [0.4, 0.5) is 22.7 Å². The Labute approximate surface area is 192 Å². The Hall–Kier alpha value is -4.64. The van der Waals surface area contributed by atoms with Crippen LogP contribution in [0.5, 0.6) is 0 Å². The number of hydroxylamine groups is 1. The van der Waals surface area contributed by atoms with Crippen molar-refractivity contribution in [3.8, 4) is 0 Å². The van der Waals surface area contributed by atoms with Crippen molar-refractivity contribution in [3.63, 3.8) is 0 Å². The number of rotatable bonds is 5. The second-order valence-electron chi connectivity index (χ2n) is 7.80. The maximum atomic E-state index is 13.5. The second kappa shape index (κ2) is 8.05. The van der Waals surface area contributed by atoms with Gasteiger partial charge in [-0.15, -0.1) is 0 Å². The lowest BCUT2D eigenvalue weighted by molar-refractivity contribution is -0.385. The highest BCUT2D eigenvalue weighted by atomic mass is 16.7. The lowest BCUT2D eigenvalue weighted by Crippen LogP contribution is -2.37. The van der Waals surface area contributed by atoms with Crippen LogP contribution in [0.3, 0.4) is 0 Å². The lowest BCUT2D eigenvalue weighted by atomic mass is 9.90. The van der Waals surface area contributed by atoms with Gasteiger partial charge in [-0.05, 0) is 23.8 Å². The summed E-state index contributed by atoms with van der Waals surface area (Å²) in [5, 5.41) is 23.6. The molecular weight excluding hydrogens is 444 g/mol. The average molecular weight is 460 g/mol. The summed E-state index contributed by atoms with van der Waals surface area (Å²) in [6, 6.07) is 19.1. The first kappa shape index (κ1) is 21.2. The molecule has 3 aromatic rings. The molecule has 11 nitrogen and oxygen atoms in total. The molecule has 11 heteroatoms. The van der Waals surface area contributed by atoms with Crippen molar-refractivity contribution in [1.82, 2.24) is 0 Å². The van der Waals surface area contributed by atoms with E-state index in [9.17, 15) is 29.8 Å². The molecule has 0 spiro atoms. The molecule has 3 aromatic carbocycles. The molecule has 0 saturated carbocycles. The molecule has 2 saturated heterocycles. The van der Waals surface area contributed by atoms with Gasteiger partial charge in [-0.3, -0.25) is 34.7 Å². The van der Waals surface area contributed by atoms with E-state index in [0.717, 1.165) is 4.90 Å². The third-order valence-electron chi connectivity index (χ3n) is 5.87. The minimum absolute atomic E-state index is 0.157. The fraction of sp³-hybridized carbons (Fsp3) is 0.130. The molecule has 3 atom stereocenters. The number of carbonyl (C=O) groups excluding carboxylic acids is 2. The minimum atomic E-state index is -1.16. The van der Waals surface area contributed by atoms with Crippen LogP contribution in [0, 0.1) is 26.1 Å². The van der Waals surface area contributed by atoms with Crippen LogP contribution in [-0.4, -0.2) is 27.8 Å². The number of nitro groups is 2. The smallest absolute Gasteiger partial charge is 0.271 e. The highest BCUT2D eigenvalue weighted by Gasteiger charge is 2.60. The van der Waals surface area contributed by atoms with Gasteiger partial charge >= 0.3 is 0 Å². The van der Waals surface area contributed by atoms with Crippen molar-refractivity contribution in [3.05, 3.63) is 105 Å². The van der Waals surface area contributed by atoms with Crippen molar-refractivity contribution >= 4 is 34.6 Å². The molecule has 5 rings (SSSR count). The van der Waals surface area contributed by atoms with E-state index in [0.29, 0.717) is 11.3 Å². The van der Waals surface area contributed by atoms with Gasteiger partial charge in [-0.1, -0.05) is 36.4 Å². The SMILES string of the molecule is O=C1[C@H]2[C@H](ON(c3cccc([N+](=O)[O-])c3)[C@@H]2c2ccccc2)C(=O)N1c1ccc([N+](=O)[O-])cc1. The first-order valence-electron chi connectivity index (χ1n) is 10.2. The number of carbonyl (C=O) groups is 2. The van der Waals surface area contributed by atoms with Gasteiger partial charge < -0.3 is 0 Å². The standard InChI is InChI=1S/C23H16N4O7/c28-22-19-20(14-5-2-1-3-6-14)25(17-7-4-8-18(13-17)27(32)33)34-21(19)23(29)24(22)15-9-11-16(12-10-15)26(30)31/h1-13,19-21H/t19-,20-,21+/m1/s1. The third-order valence-corrected chi connectivity index (χ3v) is 5.87. The number of non-ortho nitro benzene ring substituents is 2. The number of benzene rings is 3. The first-order chi connectivity index (χ1) is 16.4. The van der Waals surface area contributed by atoms with E-state index in [1.54, 1.807) is 36.4 Å². The molecule has 0 bridgehead atoms. The van der Waals surface area contributed by atoms with E-state index >= 15 is 0 Å². The Morgan fingerprint density at radius 3 is 2.06 bits per heavy atom. The zero-order valence-corrected chi connectivity index (χ0v) is 17.4. The van der Waals surface area contributed by atoms with Gasteiger partial charge in [-0.25, -0.2) is 9.96 Å². The number of amides is 2. The number of hydrogen-bond acceptors (Lipinski definition) is 8. The molecule has 2 amide bonds. The Kier molecular flexibility index (Phi) is 5.02. The molecule has 34 heavy (non-hydrogen) atoms. The van der Waals surface area contributed by atoms with Gasteiger partial charge in [0.05, 0.1) is 27.3 Å². The second-order valence-corrected chi connectivity index (χ2v) is 7.80. The summed E-state index contributed by atoms with van der Waals surface area (Å²) in [7, 11) is 0. The summed E-state index contributed by atoms with van der Waals surface area (Å²) in [5.74, 6) is -2.06. The lowest BCUT2D eigenvalue weighted by Gasteiger charge is -2.28. The summed E-state index contributed by atoms with van der Waals surface area (Å²) < 4.78 is 0. The van der Waals surface area contributed by atoms with E-state index in [2.05, 4.69) is 0 Å². The number of hydrogen-bond donors (Lipinski definition) is 0. The van der Waals surface area contributed by atoms with Gasteiger partial charge in [0.1, 0.15) is 5.92 Å². The summed E-state index contributed by atoms with van der Waals surface area (Å²) >= 11 is 0. The average Bonchev–Trinajstić information content (AvgIpc) is 3.35. The van der Waals surface area contributed by atoms with E-state index in [4.69, 9.17) is 4.84 Å². The van der Waals surface area contributed by atoms with Crippen LogP contribution in [-0.2, 0) is 14.4 Å². The summed E-state index contributed by atoms with van der Waals surface area (Å²) in [6.07, 6.45) is -1.16. The van der Waals surface area contributed by atoms with Gasteiger partial charge in [0, 0.05) is 24.3 Å². The van der Waals surface area contributed by atoms with Gasteiger partial charge in [-0.2, -0.15) is 0 Å². The van der Waals surface area contributed by atoms with Crippen LogP contribution < -0.4 is 9.96 Å². The zero-order chi connectivity index (χ0) is 24.0. The summed E-state index contributed by atoms with van der Waals surface area (Å²) in [6.45, 7) is 0. The van der Waals surface area contributed by atoms with Crippen molar-refractivity contribution in [2.45, 2.75) is 12.1 Å². The number of nitrogens with zero attached hydrogens (tertiary/aromatic N) is 4. The molecule has 0 aliphatic carbocycles. The number of anilines is 2. The van der Waals surface area contributed by atoms with Gasteiger partial charge in [0.2, 0.25) is 5.91 Å². The topological polar surface area (TPSA) is 136 Å². The molecule has 2 fully saturated rings.